The summed E-state index contributed by atoms with van der Waals surface area (Å²) in [6.07, 6.45) is 3.70. The van der Waals surface area contributed by atoms with Crippen LogP contribution in [0.25, 0.3) is 0 Å². The normalized spacial score (nSPS) is 28.9. The predicted octanol–water partition coefficient (Wildman–Crippen LogP) is 2.62. The van der Waals surface area contributed by atoms with Crippen LogP contribution in [-0.2, 0) is 6.42 Å². The third kappa shape index (κ3) is 1.12. The Morgan fingerprint density at radius 3 is 3.00 bits per heavy atom. The Kier molecular flexibility index (Phi) is 1.92. The lowest BCUT2D eigenvalue weighted by Gasteiger charge is -2.31. The summed E-state index contributed by atoms with van der Waals surface area (Å²) in [7, 11) is 2.21. The zero-order chi connectivity index (χ0) is 10.6. The molecule has 3 heteroatoms. The van der Waals surface area contributed by atoms with Crippen LogP contribution in [0.15, 0.2) is 0 Å². The van der Waals surface area contributed by atoms with Crippen LogP contribution >= 0.6 is 11.3 Å². The van der Waals surface area contributed by atoms with Crippen LogP contribution in [0, 0.1) is 18.3 Å². The molecule has 3 rings (SSSR count). The number of nitriles is 1. The summed E-state index contributed by atoms with van der Waals surface area (Å²) in [5, 5.41) is 9.21. The van der Waals surface area contributed by atoms with E-state index < -0.39 is 0 Å². The monoisotopic (exact) mass is 218 g/mol. The second-order valence-electron chi connectivity index (χ2n) is 4.60. The molecule has 1 saturated heterocycles. The third-order valence-electron chi connectivity index (χ3n) is 3.91. The van der Waals surface area contributed by atoms with E-state index in [-0.39, 0.29) is 0 Å². The Morgan fingerprint density at radius 2 is 2.27 bits per heavy atom. The molecule has 0 amide bonds. The second kappa shape index (κ2) is 3.07. The van der Waals surface area contributed by atoms with Gasteiger partial charge >= 0.3 is 0 Å². The molecule has 1 aromatic rings. The van der Waals surface area contributed by atoms with Gasteiger partial charge in [-0.2, -0.15) is 5.26 Å². The minimum atomic E-state index is 0.526. The summed E-state index contributed by atoms with van der Waals surface area (Å²) in [5.74, 6) is 0. The highest BCUT2D eigenvalue weighted by Crippen LogP contribution is 2.47. The van der Waals surface area contributed by atoms with Crippen molar-refractivity contribution in [2.24, 2.45) is 0 Å². The van der Waals surface area contributed by atoms with Gasteiger partial charge in [0.2, 0.25) is 0 Å². The summed E-state index contributed by atoms with van der Waals surface area (Å²) < 4.78 is 0. The molecule has 3 heterocycles. The molecule has 0 aromatic carbocycles. The highest BCUT2D eigenvalue weighted by molar-refractivity contribution is 7.12. The van der Waals surface area contributed by atoms with Gasteiger partial charge in [0.05, 0.1) is 5.56 Å². The van der Waals surface area contributed by atoms with E-state index in [0.29, 0.717) is 6.04 Å². The van der Waals surface area contributed by atoms with Crippen molar-refractivity contribution >= 4 is 11.3 Å². The van der Waals surface area contributed by atoms with Gasteiger partial charge in [0, 0.05) is 27.4 Å². The van der Waals surface area contributed by atoms with E-state index in [4.69, 9.17) is 0 Å². The highest BCUT2D eigenvalue weighted by atomic mass is 32.1. The van der Waals surface area contributed by atoms with Crippen LogP contribution in [0.1, 0.15) is 39.8 Å². The molecule has 2 nitrogen and oxygen atoms in total. The minimum Gasteiger partial charge on any atom is -0.296 e. The molecular weight excluding hydrogens is 204 g/mol. The fraction of sp³-hybridized carbons (Fsp3) is 0.583. The number of nitrogens with zero attached hydrogens (tertiary/aromatic N) is 2. The number of hydrogen-bond donors (Lipinski definition) is 0. The minimum absolute atomic E-state index is 0.526. The van der Waals surface area contributed by atoms with Crippen molar-refractivity contribution in [2.45, 2.75) is 38.3 Å². The maximum absolute atomic E-state index is 9.21. The van der Waals surface area contributed by atoms with E-state index in [0.717, 1.165) is 18.0 Å². The van der Waals surface area contributed by atoms with Crippen molar-refractivity contribution in [1.29, 1.82) is 5.26 Å². The number of fused-ring (bicyclic) bond motifs is 4. The fourth-order valence-corrected chi connectivity index (χ4v) is 4.33. The summed E-state index contributed by atoms with van der Waals surface area (Å²) >= 11 is 1.84. The lowest BCUT2D eigenvalue weighted by atomic mass is 9.97. The molecule has 0 spiro atoms. The van der Waals surface area contributed by atoms with Crippen molar-refractivity contribution in [3.63, 3.8) is 0 Å². The van der Waals surface area contributed by atoms with Gasteiger partial charge < -0.3 is 0 Å². The van der Waals surface area contributed by atoms with Crippen molar-refractivity contribution in [1.82, 2.24) is 4.90 Å². The maximum atomic E-state index is 9.21. The van der Waals surface area contributed by atoms with Crippen molar-refractivity contribution in [2.75, 3.05) is 7.05 Å². The lowest BCUT2D eigenvalue weighted by Crippen LogP contribution is -2.33. The summed E-state index contributed by atoms with van der Waals surface area (Å²) in [4.78, 5) is 5.16. The van der Waals surface area contributed by atoms with E-state index in [1.807, 2.05) is 11.3 Å². The van der Waals surface area contributed by atoms with E-state index in [1.165, 1.54) is 28.2 Å². The average Bonchev–Trinajstić information content (AvgIpc) is 2.63. The predicted molar refractivity (Wildman–Crippen MR) is 61.0 cm³/mol. The average molecular weight is 218 g/mol. The van der Waals surface area contributed by atoms with Crippen LogP contribution < -0.4 is 0 Å². The van der Waals surface area contributed by atoms with Gasteiger partial charge in [-0.25, -0.2) is 0 Å². The number of hydrogen-bond acceptors (Lipinski definition) is 3. The summed E-state index contributed by atoms with van der Waals surface area (Å²) in [6.45, 7) is 2.08. The van der Waals surface area contributed by atoms with Gasteiger partial charge in [0.25, 0.3) is 0 Å². The molecule has 0 N–H and O–H groups in total. The molecule has 0 aliphatic carbocycles. The van der Waals surface area contributed by atoms with E-state index in [9.17, 15) is 5.26 Å². The zero-order valence-corrected chi connectivity index (χ0v) is 9.90. The Labute approximate surface area is 94.1 Å². The lowest BCUT2D eigenvalue weighted by molar-refractivity contribution is 0.226. The summed E-state index contributed by atoms with van der Waals surface area (Å²) in [5.41, 5.74) is 2.32. The topological polar surface area (TPSA) is 27.0 Å². The summed E-state index contributed by atoms with van der Waals surface area (Å²) in [6, 6.07) is 3.65. The molecule has 2 atom stereocenters. The fourth-order valence-electron chi connectivity index (χ4n) is 3.08. The van der Waals surface area contributed by atoms with Crippen LogP contribution in [0.3, 0.4) is 0 Å². The molecule has 1 aromatic heterocycles. The van der Waals surface area contributed by atoms with Crippen molar-refractivity contribution in [3.05, 3.63) is 20.9 Å². The number of likely N-dealkylation sites (N-methyl/N-ethyl adjacent to an activating group) is 1. The standard InChI is InChI=1S/C12H14N2S/c1-7-9(6-13)12-10-4-3-8(14(10)2)5-11(12)15-7/h8,10H,3-5H2,1-2H3/t8-,10?/m1/s1. The molecule has 78 valence electrons. The zero-order valence-electron chi connectivity index (χ0n) is 9.08. The van der Waals surface area contributed by atoms with E-state index >= 15 is 0 Å². The first kappa shape index (κ1) is 9.38. The van der Waals surface area contributed by atoms with Crippen molar-refractivity contribution in [3.8, 4) is 6.07 Å². The van der Waals surface area contributed by atoms with Crippen LogP contribution in [0.4, 0.5) is 0 Å². The van der Waals surface area contributed by atoms with Gasteiger partial charge in [-0.3, -0.25) is 4.90 Å². The largest absolute Gasteiger partial charge is 0.296 e. The number of rotatable bonds is 0. The molecule has 1 fully saturated rings. The van der Waals surface area contributed by atoms with Gasteiger partial charge in [-0.1, -0.05) is 0 Å². The first-order chi connectivity index (χ1) is 7.22. The van der Waals surface area contributed by atoms with Crippen LogP contribution in [0.5, 0.6) is 0 Å². The van der Waals surface area contributed by atoms with Crippen LogP contribution in [0.2, 0.25) is 0 Å². The Balaban J connectivity index is 2.20. The molecule has 0 radical (unpaired) electrons. The molecule has 2 aliphatic rings. The maximum Gasteiger partial charge on any atom is 0.101 e. The molecular formula is C12H14N2S. The Bertz CT molecular complexity index is 455. The quantitative estimate of drug-likeness (QED) is 0.669. The van der Waals surface area contributed by atoms with Gasteiger partial charge in [0.1, 0.15) is 6.07 Å². The molecule has 2 bridgehead atoms. The van der Waals surface area contributed by atoms with Crippen LogP contribution in [-0.4, -0.2) is 18.0 Å². The van der Waals surface area contributed by atoms with Gasteiger partial charge in [-0.15, -0.1) is 11.3 Å². The molecule has 0 saturated carbocycles. The molecule has 2 aliphatic heterocycles. The first-order valence-corrected chi connectivity index (χ1v) is 6.28. The van der Waals surface area contributed by atoms with E-state index in [2.05, 4.69) is 24.9 Å². The van der Waals surface area contributed by atoms with E-state index in [1.54, 1.807) is 0 Å². The third-order valence-corrected chi connectivity index (χ3v) is 5.05. The molecule has 15 heavy (non-hydrogen) atoms. The Morgan fingerprint density at radius 1 is 1.47 bits per heavy atom. The number of thiophene rings is 1. The molecule has 1 unspecified atom stereocenters. The SMILES string of the molecule is Cc1sc2c(c1C#N)C1CC[C@H](C2)N1C. The smallest absolute Gasteiger partial charge is 0.101 e. The second-order valence-corrected chi connectivity index (χ2v) is 5.91. The van der Waals surface area contributed by atoms with Gasteiger partial charge in [0.15, 0.2) is 0 Å². The van der Waals surface area contributed by atoms with Gasteiger partial charge in [-0.05, 0) is 33.2 Å². The highest BCUT2D eigenvalue weighted by Gasteiger charge is 2.40. The number of aryl methyl sites for hydroxylation is 1. The first-order valence-electron chi connectivity index (χ1n) is 5.46. The Hall–Kier alpha value is -0.850. The van der Waals surface area contributed by atoms with Crippen molar-refractivity contribution < 1.29 is 0 Å².